The fourth-order valence-electron chi connectivity index (χ4n) is 12.1. The molecule has 6 rings (SSSR count). The lowest BCUT2D eigenvalue weighted by Gasteiger charge is -2.74. The molecule has 0 unspecified atom stereocenters. The summed E-state index contributed by atoms with van der Waals surface area (Å²) in [5, 5.41) is 22.3. The predicted molar refractivity (Wildman–Crippen MR) is 138 cm³/mol. The van der Waals surface area contributed by atoms with Gasteiger partial charge in [-0.2, -0.15) is 0 Å². The molecule has 1 heterocycles. The van der Waals surface area contributed by atoms with E-state index in [1.165, 1.54) is 25.7 Å². The molecule has 6 fully saturated rings. The van der Waals surface area contributed by atoms with Gasteiger partial charge in [0.2, 0.25) is 0 Å². The first kappa shape index (κ1) is 25.6. The summed E-state index contributed by atoms with van der Waals surface area (Å²) in [4.78, 5) is 12.9. The maximum Gasteiger partial charge on any atom is 0.311 e. The van der Waals surface area contributed by atoms with Crippen LogP contribution in [0.3, 0.4) is 0 Å². The van der Waals surface area contributed by atoms with E-state index in [0.29, 0.717) is 30.8 Å². The van der Waals surface area contributed by atoms with Crippen LogP contribution in [0.1, 0.15) is 106 Å². The third kappa shape index (κ3) is 2.72. The highest BCUT2D eigenvalue weighted by Crippen LogP contribution is 2.79. The topological polar surface area (TPSA) is 76.0 Å². The summed E-state index contributed by atoms with van der Waals surface area (Å²) in [6.45, 7) is 15.1. The van der Waals surface area contributed by atoms with Gasteiger partial charge in [0.25, 0.3) is 0 Å². The van der Waals surface area contributed by atoms with Gasteiger partial charge in [0.05, 0.1) is 19.1 Å². The molecule has 0 aromatic carbocycles. The number of carbonyl (C=O) groups is 1. The van der Waals surface area contributed by atoms with Crippen molar-refractivity contribution in [1.82, 2.24) is 0 Å². The number of ether oxygens (including phenoxy) is 2. The van der Waals surface area contributed by atoms with Crippen molar-refractivity contribution < 1.29 is 24.5 Å². The highest BCUT2D eigenvalue weighted by atomic mass is 16.6. The van der Waals surface area contributed by atoms with E-state index < -0.39 is 11.9 Å². The van der Waals surface area contributed by atoms with E-state index in [0.717, 1.165) is 32.1 Å². The minimum Gasteiger partial charge on any atom is -0.469 e. The number of rotatable bonds is 1. The highest BCUT2D eigenvalue weighted by Gasteiger charge is 2.75. The Labute approximate surface area is 218 Å². The molecule has 5 heteroatoms. The van der Waals surface area contributed by atoms with Gasteiger partial charge in [-0.15, -0.1) is 0 Å². The number of esters is 1. The lowest BCUT2D eigenvalue weighted by Crippen LogP contribution is -2.69. The molecule has 0 amide bonds. The average molecular weight is 503 g/mol. The summed E-state index contributed by atoms with van der Waals surface area (Å²) in [5.74, 6) is 0.0305. The Bertz CT molecular complexity index is 967. The number of hydrogen-bond acceptors (Lipinski definition) is 5. The van der Waals surface area contributed by atoms with Gasteiger partial charge in [-0.3, -0.25) is 4.79 Å². The first-order valence-corrected chi connectivity index (χ1v) is 14.8. The minimum absolute atomic E-state index is 0.0270. The van der Waals surface area contributed by atoms with Crippen molar-refractivity contribution in [1.29, 1.82) is 0 Å². The molecular weight excluding hydrogens is 452 g/mol. The van der Waals surface area contributed by atoms with Crippen LogP contribution in [0.4, 0.5) is 0 Å². The van der Waals surface area contributed by atoms with E-state index in [4.69, 9.17) is 9.47 Å². The molecular formula is C31H50O5. The fourth-order valence-corrected chi connectivity index (χ4v) is 12.1. The SMILES string of the molecule is COC(=O)[C@]1(C)CC[C@]2(C)CC[C@]3(C)[C@H]4CC[C@@]56CO[C@@](O)([C@H](O)C[C@H]5[C@]4(C)CC[C@@]3(C)[C@@H]2C1)[C@@H]6C. The molecule has 1 aliphatic heterocycles. The number of fused-ring (bicyclic) bond motifs is 7. The van der Waals surface area contributed by atoms with Gasteiger partial charge in [-0.25, -0.2) is 0 Å². The molecule has 5 nitrogen and oxygen atoms in total. The van der Waals surface area contributed by atoms with E-state index >= 15 is 0 Å². The van der Waals surface area contributed by atoms with E-state index in [1.54, 1.807) is 7.11 Å². The summed E-state index contributed by atoms with van der Waals surface area (Å²) in [7, 11) is 1.55. The van der Waals surface area contributed by atoms with Crippen LogP contribution in [-0.4, -0.2) is 41.8 Å². The third-order valence-corrected chi connectivity index (χ3v) is 14.8. The van der Waals surface area contributed by atoms with Crippen LogP contribution in [0.25, 0.3) is 0 Å². The molecule has 6 aliphatic rings. The average Bonchev–Trinajstić information content (AvgIpc) is 3.02. The number of aliphatic hydroxyl groups is 2. The zero-order valence-electron chi connectivity index (χ0n) is 23.8. The Morgan fingerprint density at radius 2 is 1.53 bits per heavy atom. The van der Waals surface area contributed by atoms with Crippen molar-refractivity contribution in [3.63, 3.8) is 0 Å². The monoisotopic (exact) mass is 502 g/mol. The molecule has 1 saturated heterocycles. The van der Waals surface area contributed by atoms with Gasteiger partial charge in [0.15, 0.2) is 5.79 Å². The van der Waals surface area contributed by atoms with E-state index in [1.807, 2.05) is 0 Å². The molecule has 12 atom stereocenters. The lowest BCUT2D eigenvalue weighted by molar-refractivity contribution is -0.291. The second-order valence-electron chi connectivity index (χ2n) is 15.7. The van der Waals surface area contributed by atoms with Crippen molar-refractivity contribution >= 4 is 5.97 Å². The van der Waals surface area contributed by atoms with Gasteiger partial charge < -0.3 is 19.7 Å². The van der Waals surface area contributed by atoms with Crippen LogP contribution in [0, 0.1) is 56.2 Å². The van der Waals surface area contributed by atoms with Gasteiger partial charge in [-0.1, -0.05) is 34.6 Å². The number of methoxy groups -OCH3 is 1. The van der Waals surface area contributed by atoms with Crippen LogP contribution >= 0.6 is 0 Å². The molecule has 0 aromatic rings. The van der Waals surface area contributed by atoms with Gasteiger partial charge in [0.1, 0.15) is 6.10 Å². The normalized spacial score (nSPS) is 61.9. The van der Waals surface area contributed by atoms with Crippen molar-refractivity contribution in [2.75, 3.05) is 13.7 Å². The van der Waals surface area contributed by atoms with E-state index in [-0.39, 0.29) is 44.4 Å². The van der Waals surface area contributed by atoms with Crippen molar-refractivity contribution in [3.8, 4) is 0 Å². The van der Waals surface area contributed by atoms with Crippen LogP contribution < -0.4 is 0 Å². The molecule has 5 aliphatic carbocycles. The number of carbonyl (C=O) groups excluding carboxylic acids is 1. The molecule has 2 N–H and O–H groups in total. The maximum atomic E-state index is 12.9. The zero-order chi connectivity index (χ0) is 26.2. The molecule has 5 saturated carbocycles. The Morgan fingerprint density at radius 3 is 2.22 bits per heavy atom. The fraction of sp³-hybridized carbons (Fsp3) is 0.968. The standard InChI is InChI=1S/C31H50O5/c1-19-30-9-8-20-27(4,21(30)16-23(32)31(19,34)36-18-30)13-15-29(6)22-17-26(3,24(33)35-7)11-10-25(22,2)12-14-28(20,29)5/h19-23,32,34H,8-18H2,1-7H3/t19-,20+,21+,22-,23-,25-,26-,27-,28-,29+,30+,31-/m1/s1. The van der Waals surface area contributed by atoms with Gasteiger partial charge >= 0.3 is 5.97 Å². The Kier molecular flexibility index (Phi) is 5.19. The van der Waals surface area contributed by atoms with Crippen LogP contribution in [0.15, 0.2) is 0 Å². The Morgan fingerprint density at radius 1 is 0.889 bits per heavy atom. The third-order valence-electron chi connectivity index (χ3n) is 14.8. The van der Waals surface area contributed by atoms with Gasteiger partial charge in [-0.05, 0) is 111 Å². The highest BCUT2D eigenvalue weighted by molar-refractivity contribution is 5.76. The first-order valence-electron chi connectivity index (χ1n) is 14.8. The molecule has 0 aromatic heterocycles. The largest absolute Gasteiger partial charge is 0.469 e. The summed E-state index contributed by atoms with van der Waals surface area (Å²) in [6, 6.07) is 0. The zero-order valence-corrected chi connectivity index (χ0v) is 23.8. The first-order chi connectivity index (χ1) is 16.7. The Hall–Kier alpha value is -0.650. The lowest BCUT2D eigenvalue weighted by atomic mass is 9.30. The minimum atomic E-state index is -1.38. The second kappa shape index (κ2) is 7.30. The summed E-state index contributed by atoms with van der Waals surface area (Å²) in [6.07, 6.45) is 9.93. The summed E-state index contributed by atoms with van der Waals surface area (Å²) < 4.78 is 11.3. The van der Waals surface area contributed by atoms with E-state index in [2.05, 4.69) is 41.5 Å². The molecule has 0 radical (unpaired) electrons. The quantitative estimate of drug-likeness (QED) is 0.449. The van der Waals surface area contributed by atoms with Crippen molar-refractivity contribution in [2.45, 2.75) is 118 Å². The van der Waals surface area contributed by atoms with Crippen LogP contribution in [-0.2, 0) is 14.3 Å². The summed E-state index contributed by atoms with van der Waals surface area (Å²) in [5.41, 5.74) is 0.381. The van der Waals surface area contributed by atoms with Crippen LogP contribution in [0.2, 0.25) is 0 Å². The molecule has 204 valence electrons. The summed E-state index contributed by atoms with van der Waals surface area (Å²) >= 11 is 0. The smallest absolute Gasteiger partial charge is 0.311 e. The van der Waals surface area contributed by atoms with Crippen molar-refractivity contribution in [2.24, 2.45) is 56.2 Å². The maximum absolute atomic E-state index is 12.9. The number of hydrogen-bond donors (Lipinski definition) is 2. The van der Waals surface area contributed by atoms with Gasteiger partial charge in [0, 0.05) is 11.3 Å². The molecule has 2 bridgehead atoms. The molecule has 36 heavy (non-hydrogen) atoms. The second-order valence-corrected chi connectivity index (χ2v) is 15.7. The number of aliphatic hydroxyl groups excluding tert-OH is 1. The Balaban J connectivity index is 1.39. The molecule has 1 spiro atoms. The van der Waals surface area contributed by atoms with Crippen LogP contribution in [0.5, 0.6) is 0 Å². The predicted octanol–water partition coefficient (Wildman–Crippen LogP) is 5.71. The van der Waals surface area contributed by atoms with Crippen molar-refractivity contribution in [3.05, 3.63) is 0 Å². The van der Waals surface area contributed by atoms with E-state index in [9.17, 15) is 15.0 Å².